The lowest BCUT2D eigenvalue weighted by atomic mass is 10.1. The zero-order valence-corrected chi connectivity index (χ0v) is 31.3. The van der Waals surface area contributed by atoms with Gasteiger partial charge in [-0.2, -0.15) is 0 Å². The predicted octanol–water partition coefficient (Wildman–Crippen LogP) is 9.30. The maximum Gasteiger partial charge on any atom is 0.343 e. The molecule has 0 unspecified atom stereocenters. The van der Waals surface area contributed by atoms with Gasteiger partial charge in [-0.05, 0) is 138 Å². The second-order valence-corrected chi connectivity index (χ2v) is 12.9. The van der Waals surface area contributed by atoms with Crippen LogP contribution in [0.3, 0.4) is 0 Å². The van der Waals surface area contributed by atoms with E-state index in [1.54, 1.807) is 78.9 Å². The third-order valence-electron chi connectivity index (χ3n) is 8.59. The number of ether oxygens (including phenoxy) is 6. The van der Waals surface area contributed by atoms with Gasteiger partial charge in [-0.25, -0.2) is 14.4 Å². The van der Waals surface area contributed by atoms with E-state index in [1.807, 2.05) is 18.2 Å². The molecule has 0 saturated heterocycles. The molecule has 11 heteroatoms. The SMILES string of the molecule is C=C(Oc1ccc2cc(C(=O)OCCCCCOC(=O)c3ccc4cc(OC(=O)c5ccc(OC(C)=O)cc5)ccc4c3)ccc2c1)c1ccc(OC(C)=O)cc1. The van der Waals surface area contributed by atoms with Crippen LogP contribution in [-0.2, 0) is 19.1 Å². The quantitative estimate of drug-likeness (QED) is 0.0427. The lowest BCUT2D eigenvalue weighted by Gasteiger charge is -2.11. The van der Waals surface area contributed by atoms with E-state index >= 15 is 0 Å². The number of hydrogen-bond acceptors (Lipinski definition) is 11. The van der Waals surface area contributed by atoms with E-state index in [4.69, 9.17) is 28.4 Å². The minimum Gasteiger partial charge on any atom is -0.462 e. The first-order valence-corrected chi connectivity index (χ1v) is 18.1. The molecule has 0 aliphatic carbocycles. The molecule has 0 aliphatic heterocycles. The molecule has 288 valence electrons. The van der Waals surface area contributed by atoms with E-state index < -0.39 is 29.8 Å². The number of carbonyl (C=O) groups is 5. The Labute approximate surface area is 328 Å². The van der Waals surface area contributed by atoms with E-state index in [2.05, 4.69) is 6.58 Å². The van der Waals surface area contributed by atoms with Gasteiger partial charge in [0.25, 0.3) is 0 Å². The van der Waals surface area contributed by atoms with Crippen LogP contribution in [-0.4, -0.2) is 43.1 Å². The number of carbonyl (C=O) groups excluding carboxylic acids is 5. The molecular formula is C46H38O11. The maximum atomic E-state index is 12.7. The first kappa shape index (κ1) is 39.4. The monoisotopic (exact) mass is 766 g/mol. The Bertz CT molecular complexity index is 2290. The number of rotatable bonds is 15. The second kappa shape index (κ2) is 18.4. The minimum absolute atomic E-state index is 0.216. The molecule has 0 saturated carbocycles. The first-order chi connectivity index (χ1) is 27.5. The summed E-state index contributed by atoms with van der Waals surface area (Å²) in [4.78, 5) is 60.3. The highest BCUT2D eigenvalue weighted by atomic mass is 16.5. The summed E-state index contributed by atoms with van der Waals surface area (Å²) in [5.41, 5.74) is 1.85. The van der Waals surface area contributed by atoms with Crippen LogP contribution in [0, 0.1) is 0 Å². The molecule has 0 fully saturated rings. The predicted molar refractivity (Wildman–Crippen MR) is 212 cm³/mol. The molecule has 0 heterocycles. The molecule has 0 aromatic heterocycles. The molecule has 0 amide bonds. The van der Waals surface area contributed by atoms with Crippen molar-refractivity contribution in [1.29, 1.82) is 0 Å². The number of benzene rings is 6. The van der Waals surface area contributed by atoms with Gasteiger partial charge in [0.05, 0.1) is 29.9 Å². The molecule has 0 N–H and O–H groups in total. The highest BCUT2D eigenvalue weighted by Crippen LogP contribution is 2.27. The van der Waals surface area contributed by atoms with Crippen molar-refractivity contribution >= 4 is 57.2 Å². The summed E-state index contributed by atoms with van der Waals surface area (Å²) in [6, 6.07) is 33.9. The Kier molecular flexibility index (Phi) is 12.7. The molecule has 0 spiro atoms. The fraction of sp³-hybridized carbons (Fsp3) is 0.152. The van der Waals surface area contributed by atoms with Gasteiger partial charge in [-0.1, -0.05) is 30.8 Å². The third kappa shape index (κ3) is 10.9. The molecule has 0 aliphatic rings. The van der Waals surface area contributed by atoms with Crippen LogP contribution in [0.4, 0.5) is 0 Å². The number of fused-ring (bicyclic) bond motifs is 2. The van der Waals surface area contributed by atoms with Crippen LogP contribution < -0.4 is 18.9 Å². The highest BCUT2D eigenvalue weighted by Gasteiger charge is 2.13. The fourth-order valence-electron chi connectivity index (χ4n) is 5.77. The molecule has 6 rings (SSSR count). The first-order valence-electron chi connectivity index (χ1n) is 18.1. The topological polar surface area (TPSA) is 141 Å². The number of hydrogen-bond donors (Lipinski definition) is 0. The van der Waals surface area contributed by atoms with Gasteiger partial charge < -0.3 is 28.4 Å². The second-order valence-electron chi connectivity index (χ2n) is 12.9. The number of unbranched alkanes of at least 4 members (excludes halogenated alkanes) is 2. The zero-order chi connectivity index (χ0) is 40.3. The third-order valence-corrected chi connectivity index (χ3v) is 8.59. The lowest BCUT2D eigenvalue weighted by Crippen LogP contribution is -2.09. The average molecular weight is 767 g/mol. The summed E-state index contributed by atoms with van der Waals surface area (Å²) in [5.74, 6) is -0.201. The van der Waals surface area contributed by atoms with Crippen molar-refractivity contribution in [2.75, 3.05) is 13.2 Å². The van der Waals surface area contributed by atoms with E-state index in [0.29, 0.717) is 64.7 Å². The van der Waals surface area contributed by atoms with Crippen LogP contribution in [0.1, 0.15) is 69.7 Å². The smallest absolute Gasteiger partial charge is 0.343 e. The summed E-state index contributed by atoms with van der Waals surface area (Å²) in [5, 5.41) is 3.25. The molecule has 6 aromatic carbocycles. The van der Waals surface area contributed by atoms with E-state index in [-0.39, 0.29) is 13.2 Å². The molecule has 0 bridgehead atoms. The van der Waals surface area contributed by atoms with Crippen molar-refractivity contribution in [2.24, 2.45) is 0 Å². The van der Waals surface area contributed by atoms with E-state index in [0.717, 1.165) is 27.1 Å². The fourth-order valence-corrected chi connectivity index (χ4v) is 5.77. The summed E-state index contributed by atoms with van der Waals surface area (Å²) < 4.78 is 32.4. The van der Waals surface area contributed by atoms with E-state index in [9.17, 15) is 24.0 Å². The zero-order valence-electron chi connectivity index (χ0n) is 31.3. The standard InChI is InChI=1S/C46H38O11/c1-29(32-11-17-40(18-12-32)55-30(2)47)54-42-21-15-34-25-38(9-7-36(34)27-42)44(49)52-23-5-4-6-24-53-45(50)39-10-8-37-28-43(22-16-35(37)26-39)57-46(51)33-13-19-41(20-14-33)56-31(3)48/h7-22,25-28H,1,4-6,23-24H2,2-3H3. The van der Waals surface area contributed by atoms with Crippen LogP contribution >= 0.6 is 0 Å². The van der Waals surface area contributed by atoms with Gasteiger partial charge in [0.15, 0.2) is 0 Å². The van der Waals surface area contributed by atoms with Gasteiger partial charge in [0.2, 0.25) is 0 Å². The van der Waals surface area contributed by atoms with Crippen molar-refractivity contribution in [3.05, 3.63) is 150 Å². The molecule has 0 atom stereocenters. The van der Waals surface area contributed by atoms with E-state index in [1.165, 1.54) is 38.1 Å². The molecule has 11 nitrogen and oxygen atoms in total. The summed E-state index contributed by atoms with van der Waals surface area (Å²) in [7, 11) is 0. The van der Waals surface area contributed by atoms with Crippen molar-refractivity contribution in [3.8, 4) is 23.0 Å². The molecule has 57 heavy (non-hydrogen) atoms. The van der Waals surface area contributed by atoms with Crippen molar-refractivity contribution in [1.82, 2.24) is 0 Å². The van der Waals surface area contributed by atoms with Gasteiger partial charge in [0.1, 0.15) is 28.8 Å². The van der Waals surface area contributed by atoms with Gasteiger partial charge in [0, 0.05) is 19.4 Å². The Balaban J connectivity index is 0.898. The van der Waals surface area contributed by atoms with Crippen LogP contribution in [0.5, 0.6) is 23.0 Å². The van der Waals surface area contributed by atoms with Crippen LogP contribution in [0.25, 0.3) is 27.3 Å². The van der Waals surface area contributed by atoms with Crippen molar-refractivity contribution < 1.29 is 52.4 Å². The lowest BCUT2D eigenvalue weighted by molar-refractivity contribution is -0.132. The molecular weight excluding hydrogens is 728 g/mol. The summed E-state index contributed by atoms with van der Waals surface area (Å²) in [6.07, 6.45) is 1.90. The maximum absolute atomic E-state index is 12.7. The molecule has 0 radical (unpaired) electrons. The highest BCUT2D eigenvalue weighted by molar-refractivity contribution is 5.97. The Morgan fingerprint density at radius 2 is 0.789 bits per heavy atom. The Morgan fingerprint density at radius 3 is 1.26 bits per heavy atom. The Hall–Kier alpha value is -7.27. The minimum atomic E-state index is -0.568. The molecule has 6 aromatic rings. The van der Waals surface area contributed by atoms with Gasteiger partial charge in [-0.3, -0.25) is 9.59 Å². The average Bonchev–Trinajstić information content (AvgIpc) is 3.20. The van der Waals surface area contributed by atoms with Gasteiger partial charge in [-0.15, -0.1) is 0 Å². The summed E-state index contributed by atoms with van der Waals surface area (Å²) in [6.45, 7) is 7.08. The largest absolute Gasteiger partial charge is 0.462 e. The van der Waals surface area contributed by atoms with Crippen molar-refractivity contribution in [3.63, 3.8) is 0 Å². The normalized spacial score (nSPS) is 10.7. The Morgan fingerprint density at radius 1 is 0.404 bits per heavy atom. The summed E-state index contributed by atoms with van der Waals surface area (Å²) >= 11 is 0. The van der Waals surface area contributed by atoms with Gasteiger partial charge >= 0.3 is 29.8 Å². The van der Waals surface area contributed by atoms with Crippen LogP contribution in [0.15, 0.2) is 128 Å². The number of esters is 5. The van der Waals surface area contributed by atoms with Crippen molar-refractivity contribution in [2.45, 2.75) is 33.1 Å². The van der Waals surface area contributed by atoms with Crippen LogP contribution in [0.2, 0.25) is 0 Å².